The van der Waals surface area contributed by atoms with Crippen LogP contribution in [0.5, 0.6) is 0 Å². The van der Waals surface area contributed by atoms with Crippen molar-refractivity contribution in [1.29, 1.82) is 0 Å². The number of carbonyl (C=O) groups excluding carboxylic acids is 1. The monoisotopic (exact) mass is 549 g/mol. The number of nitrogens with zero attached hydrogens (tertiary/aromatic N) is 4. The molecule has 0 unspecified atom stereocenters. The zero-order chi connectivity index (χ0) is 27.7. The molecular formula is C27H34F3N5O2S. The molecule has 7 nitrogen and oxygen atoms in total. The number of aromatic nitrogens is 3. The van der Waals surface area contributed by atoms with Crippen molar-refractivity contribution >= 4 is 28.1 Å². The largest absolute Gasteiger partial charge is 0.522 e. The Balaban J connectivity index is 0.000000225. The van der Waals surface area contributed by atoms with Crippen molar-refractivity contribution in [3.05, 3.63) is 45.5 Å². The topological polar surface area (TPSA) is 86.3 Å². The highest BCUT2D eigenvalue weighted by Gasteiger charge is 2.30. The first-order valence-electron chi connectivity index (χ1n) is 12.6. The van der Waals surface area contributed by atoms with Gasteiger partial charge in [-0.2, -0.15) is 5.10 Å². The van der Waals surface area contributed by atoms with Crippen LogP contribution in [0.1, 0.15) is 64.5 Å². The summed E-state index contributed by atoms with van der Waals surface area (Å²) >= 11 is 1.36. The number of thiazole rings is 1. The number of terminal acetylenes is 1. The third kappa shape index (κ3) is 8.55. The minimum Gasteiger partial charge on any atom is -0.366 e. The van der Waals surface area contributed by atoms with Crippen LogP contribution in [0.15, 0.2) is 24.4 Å². The predicted octanol–water partition coefficient (Wildman–Crippen LogP) is 5.43. The fourth-order valence-electron chi connectivity index (χ4n) is 4.92. The lowest BCUT2D eigenvalue weighted by molar-refractivity contribution is -0.330. The lowest BCUT2D eigenvalue weighted by Crippen LogP contribution is -2.32. The van der Waals surface area contributed by atoms with Crippen LogP contribution in [-0.2, 0) is 31.4 Å². The van der Waals surface area contributed by atoms with Crippen LogP contribution in [-0.4, -0.2) is 45.0 Å². The Morgan fingerprint density at radius 3 is 2.66 bits per heavy atom. The van der Waals surface area contributed by atoms with Gasteiger partial charge in [0.15, 0.2) is 0 Å². The fourth-order valence-corrected chi connectivity index (χ4v) is 5.90. The summed E-state index contributed by atoms with van der Waals surface area (Å²) in [4.78, 5) is 18.9. The summed E-state index contributed by atoms with van der Waals surface area (Å²) in [5.74, 6) is 0.440. The van der Waals surface area contributed by atoms with Crippen molar-refractivity contribution in [3.8, 4) is 12.8 Å². The number of fused-ring (bicyclic) bond motifs is 2. The minimum atomic E-state index is -4.59. The summed E-state index contributed by atoms with van der Waals surface area (Å²) in [6.07, 6.45) is 14.2. The van der Waals surface area contributed by atoms with Crippen molar-refractivity contribution in [2.45, 2.75) is 64.5 Å². The Morgan fingerprint density at radius 2 is 1.97 bits per heavy atom. The van der Waals surface area contributed by atoms with Crippen LogP contribution in [0.4, 0.5) is 13.2 Å². The van der Waals surface area contributed by atoms with Crippen molar-refractivity contribution in [1.82, 2.24) is 19.7 Å². The molecular weight excluding hydrogens is 515 g/mol. The molecule has 2 N–H and O–H groups in total. The molecule has 2 aromatic heterocycles. The van der Waals surface area contributed by atoms with E-state index >= 15 is 0 Å². The molecule has 2 aliphatic rings. The molecule has 3 aromatic rings. The number of hydrogen-bond donors (Lipinski definition) is 1. The molecule has 0 atom stereocenters. The van der Waals surface area contributed by atoms with E-state index in [9.17, 15) is 18.0 Å². The number of ether oxygens (including phenoxy) is 1. The quantitative estimate of drug-likeness (QED) is 0.415. The molecule has 1 aromatic carbocycles. The second-order valence-corrected chi connectivity index (χ2v) is 10.6. The van der Waals surface area contributed by atoms with E-state index < -0.39 is 18.9 Å². The molecule has 38 heavy (non-hydrogen) atoms. The number of carbonyl (C=O) groups is 1. The van der Waals surface area contributed by atoms with Gasteiger partial charge >= 0.3 is 6.36 Å². The first-order chi connectivity index (χ1) is 18.2. The van der Waals surface area contributed by atoms with Gasteiger partial charge in [-0.25, -0.2) is 4.98 Å². The molecule has 1 aliphatic heterocycles. The van der Waals surface area contributed by atoms with Gasteiger partial charge in [-0.3, -0.25) is 19.1 Å². The Labute approximate surface area is 225 Å². The third-order valence-corrected chi connectivity index (χ3v) is 7.85. The Hall–Kier alpha value is -2.94. The highest BCUT2D eigenvalue weighted by atomic mass is 32.1. The van der Waals surface area contributed by atoms with Gasteiger partial charge in [0, 0.05) is 36.6 Å². The van der Waals surface area contributed by atoms with Crippen LogP contribution in [0, 0.1) is 18.8 Å². The van der Waals surface area contributed by atoms with E-state index in [4.69, 9.17) is 5.73 Å². The number of rotatable bonds is 6. The van der Waals surface area contributed by atoms with Crippen molar-refractivity contribution in [3.63, 3.8) is 0 Å². The molecule has 206 valence electrons. The molecule has 0 radical (unpaired) electrons. The third-order valence-electron chi connectivity index (χ3n) is 6.72. The van der Waals surface area contributed by atoms with Gasteiger partial charge in [-0.1, -0.05) is 38.2 Å². The molecule has 11 heteroatoms. The number of amides is 1. The lowest BCUT2D eigenvalue weighted by Gasteiger charge is -2.29. The fraction of sp³-hybridized carbons (Fsp3) is 0.519. The number of primary amides is 1. The molecule has 3 heterocycles. The Morgan fingerprint density at radius 1 is 1.24 bits per heavy atom. The average Bonchev–Trinajstić information content (AvgIpc) is 3.49. The van der Waals surface area contributed by atoms with Crippen LogP contribution in [0.3, 0.4) is 0 Å². The van der Waals surface area contributed by atoms with Gasteiger partial charge in [0.25, 0.3) is 0 Å². The molecule has 1 saturated carbocycles. The first-order valence-corrected chi connectivity index (χ1v) is 13.5. The molecule has 0 spiro atoms. The van der Waals surface area contributed by atoms with Crippen molar-refractivity contribution in [2.75, 3.05) is 13.1 Å². The SMILES string of the molecule is C#C.Cn1cc2c(C(N)=O)cccc2n1.FC(F)(F)OCc1nc2c(s1)CCN(CCC1CCCCC1)C2. The number of alkyl halides is 3. The Kier molecular flexibility index (Phi) is 10.7. The molecule has 0 bridgehead atoms. The molecule has 5 rings (SSSR count). The second-order valence-electron chi connectivity index (χ2n) is 9.44. The van der Waals surface area contributed by atoms with Gasteiger partial charge in [0.2, 0.25) is 5.91 Å². The highest BCUT2D eigenvalue weighted by molar-refractivity contribution is 7.11. The van der Waals surface area contributed by atoms with Crippen LogP contribution in [0.2, 0.25) is 0 Å². The molecule has 1 fully saturated rings. The molecule has 1 amide bonds. The van der Waals surface area contributed by atoms with E-state index in [2.05, 4.69) is 32.6 Å². The van der Waals surface area contributed by atoms with E-state index in [1.807, 2.05) is 13.1 Å². The van der Waals surface area contributed by atoms with E-state index in [0.717, 1.165) is 53.4 Å². The standard InChI is InChI=1S/C16H23F3N2OS.C9H9N3O.C2H2/c17-16(18,19)22-11-15-20-13-10-21(9-7-14(13)23-15)8-6-12-4-2-1-3-5-12;1-12-5-7-6(9(10)13)3-2-4-8(7)11-12;1-2/h12H,1-11H2;2-5H,1H3,(H2,10,13);1-2H. The minimum absolute atomic E-state index is 0.418. The van der Waals surface area contributed by atoms with E-state index in [-0.39, 0.29) is 0 Å². The van der Waals surface area contributed by atoms with Gasteiger partial charge < -0.3 is 5.73 Å². The van der Waals surface area contributed by atoms with E-state index in [1.54, 1.807) is 23.0 Å². The van der Waals surface area contributed by atoms with Crippen LogP contribution in [0.25, 0.3) is 10.9 Å². The molecule has 1 aliphatic carbocycles. The molecule has 0 saturated heterocycles. The Bertz CT molecular complexity index is 1210. The van der Waals surface area contributed by atoms with Gasteiger partial charge in [-0.15, -0.1) is 37.4 Å². The number of benzene rings is 1. The summed E-state index contributed by atoms with van der Waals surface area (Å²) in [6, 6.07) is 5.32. The van der Waals surface area contributed by atoms with Crippen LogP contribution < -0.4 is 5.73 Å². The summed E-state index contributed by atoms with van der Waals surface area (Å²) < 4.78 is 41.9. The summed E-state index contributed by atoms with van der Waals surface area (Å²) in [7, 11) is 1.81. The van der Waals surface area contributed by atoms with E-state index in [1.165, 1.54) is 49.9 Å². The number of hydrogen-bond acceptors (Lipinski definition) is 6. The van der Waals surface area contributed by atoms with E-state index in [0.29, 0.717) is 10.6 Å². The normalized spacial score (nSPS) is 16.2. The number of aryl methyl sites for hydroxylation is 1. The predicted molar refractivity (Wildman–Crippen MR) is 142 cm³/mol. The first kappa shape index (κ1) is 29.6. The zero-order valence-electron chi connectivity index (χ0n) is 21.5. The van der Waals surface area contributed by atoms with Gasteiger partial charge in [0.05, 0.1) is 16.8 Å². The maximum absolute atomic E-state index is 12.1. The van der Waals surface area contributed by atoms with Gasteiger partial charge in [0.1, 0.15) is 11.6 Å². The van der Waals surface area contributed by atoms with Crippen LogP contribution >= 0.6 is 11.3 Å². The zero-order valence-corrected chi connectivity index (χ0v) is 22.4. The smallest absolute Gasteiger partial charge is 0.366 e. The lowest BCUT2D eigenvalue weighted by atomic mass is 9.87. The second kappa shape index (κ2) is 13.7. The summed E-state index contributed by atoms with van der Waals surface area (Å²) in [5, 5.41) is 5.40. The highest BCUT2D eigenvalue weighted by Crippen LogP contribution is 2.30. The van der Waals surface area contributed by atoms with Crippen molar-refractivity contribution < 1.29 is 22.7 Å². The summed E-state index contributed by atoms with van der Waals surface area (Å²) in [6.45, 7) is 2.37. The number of nitrogens with two attached hydrogens (primary N) is 1. The average molecular weight is 550 g/mol. The van der Waals surface area contributed by atoms with Gasteiger partial charge in [-0.05, 0) is 37.4 Å². The number of halogens is 3. The van der Waals surface area contributed by atoms with Crippen molar-refractivity contribution in [2.24, 2.45) is 18.7 Å². The summed E-state index contributed by atoms with van der Waals surface area (Å²) in [5.41, 5.74) is 7.47. The maximum atomic E-state index is 12.1. The maximum Gasteiger partial charge on any atom is 0.522 e.